The normalized spacial score (nSPS) is 24.0. The van der Waals surface area contributed by atoms with Crippen LogP contribution in [-0.2, 0) is 15.7 Å². The number of hydrogen-bond acceptors (Lipinski definition) is 4. The molecule has 33 heavy (non-hydrogen) atoms. The van der Waals surface area contributed by atoms with Gasteiger partial charge in [0, 0.05) is 0 Å². The molecule has 0 radical (unpaired) electrons. The first-order chi connectivity index (χ1) is 15.4. The predicted octanol–water partition coefficient (Wildman–Crippen LogP) is 7.60. The number of carbonyl (C=O) groups is 2. The Morgan fingerprint density at radius 3 is 0.970 bits per heavy atom. The predicted molar refractivity (Wildman–Crippen MR) is 111 cm³/mol. The molecule has 0 bridgehead atoms. The van der Waals surface area contributed by atoms with Gasteiger partial charge < -0.3 is 0 Å². The van der Waals surface area contributed by atoms with Crippen molar-refractivity contribution >= 4 is 29.8 Å². The molecule has 4 nitrogen and oxygen atoms in total. The van der Waals surface area contributed by atoms with E-state index in [-0.39, 0.29) is 0 Å². The second-order valence-corrected chi connectivity index (χ2v) is 25.6. The zero-order valence-corrected chi connectivity index (χ0v) is 21.6. The number of carbonyl (C=O) groups excluding carboxylic acids is 2. The van der Waals surface area contributed by atoms with Crippen LogP contribution in [0.25, 0.3) is 0 Å². The summed E-state index contributed by atoms with van der Waals surface area (Å²) in [5.41, 5.74) is 0. The van der Waals surface area contributed by atoms with E-state index in [1.165, 1.54) is 0 Å². The van der Waals surface area contributed by atoms with Crippen LogP contribution in [0.2, 0.25) is 11.8 Å². The number of rotatable bonds is 5. The second-order valence-electron chi connectivity index (χ2n) is 10.1. The van der Waals surface area contributed by atoms with Crippen LogP contribution in [0, 0.1) is 0 Å². The summed E-state index contributed by atoms with van der Waals surface area (Å²) in [7, 11) is 0. The van der Waals surface area contributed by atoms with E-state index in [4.69, 9.17) is 6.15 Å². The van der Waals surface area contributed by atoms with Crippen LogP contribution in [0.4, 0.5) is 26.3 Å². The van der Waals surface area contributed by atoms with Crippen LogP contribution in [0.1, 0.15) is 96.3 Å². The molecular formula is C22H33F6O4Sn-. The minimum atomic E-state index is -6.46. The van der Waals surface area contributed by atoms with Gasteiger partial charge in [0.05, 0.1) is 0 Å². The summed E-state index contributed by atoms with van der Waals surface area (Å²) in [6.07, 6.45) is -2.62. The van der Waals surface area contributed by atoms with Gasteiger partial charge in [-0.2, -0.15) is 0 Å². The maximum atomic E-state index is 13.6. The van der Waals surface area contributed by atoms with Gasteiger partial charge in [-0.05, 0) is 0 Å². The summed E-state index contributed by atoms with van der Waals surface area (Å²) in [6.45, 7) is 0. The first-order valence-electron chi connectivity index (χ1n) is 12.2. The third-order valence-corrected chi connectivity index (χ3v) is 30.6. The van der Waals surface area contributed by atoms with Crippen LogP contribution < -0.4 is 0 Å². The Hall–Kier alpha value is -0.681. The van der Waals surface area contributed by atoms with Crippen molar-refractivity contribution < 1.29 is 42.1 Å². The molecule has 3 aliphatic rings. The van der Waals surface area contributed by atoms with E-state index < -0.39 is 53.9 Å². The van der Waals surface area contributed by atoms with E-state index in [1.54, 1.807) is 0 Å². The molecule has 3 aliphatic carbocycles. The van der Waals surface area contributed by atoms with Crippen molar-refractivity contribution in [3.05, 3.63) is 0 Å². The zero-order valence-electron chi connectivity index (χ0n) is 18.7. The van der Waals surface area contributed by atoms with Crippen molar-refractivity contribution in [2.45, 2.75) is 120 Å². The molecule has 0 amide bonds. The van der Waals surface area contributed by atoms with E-state index >= 15 is 0 Å². The average molecular weight is 594 g/mol. The van der Waals surface area contributed by atoms with Gasteiger partial charge in [0.1, 0.15) is 0 Å². The Morgan fingerprint density at radius 2 is 0.758 bits per heavy atom. The molecule has 0 aliphatic heterocycles. The molecule has 192 valence electrons. The molecule has 0 unspecified atom stereocenters. The second kappa shape index (κ2) is 10.1. The summed E-state index contributed by atoms with van der Waals surface area (Å²) in [5, 5.41) is 0. The fraction of sp³-hybridized carbons (Fsp3) is 0.909. The van der Waals surface area contributed by atoms with Gasteiger partial charge in [0.2, 0.25) is 0 Å². The zero-order chi connectivity index (χ0) is 24.4. The monoisotopic (exact) mass is 595 g/mol. The SMILES string of the molecule is O=C([O][Sn-]([O]C(=O)C(F)(F)F)([CH]1CCCCC1)([CH]1CCCCC1)[CH]1CCCCC1)C(F)(F)F. The molecule has 0 aromatic rings. The fourth-order valence-corrected chi connectivity index (χ4v) is 31.9. The summed E-state index contributed by atoms with van der Waals surface area (Å²) >= 11 is -6.46. The van der Waals surface area contributed by atoms with E-state index in [1.807, 2.05) is 0 Å². The Bertz CT molecular complexity index is 624. The fourth-order valence-electron chi connectivity index (χ4n) is 7.05. The molecule has 0 N–H and O–H groups in total. The molecule has 3 fully saturated rings. The topological polar surface area (TPSA) is 52.6 Å². The Morgan fingerprint density at radius 1 is 0.515 bits per heavy atom. The van der Waals surface area contributed by atoms with E-state index in [2.05, 4.69) is 0 Å². The van der Waals surface area contributed by atoms with Gasteiger partial charge >= 0.3 is 192 Å². The average Bonchev–Trinajstić information content (AvgIpc) is 2.79. The van der Waals surface area contributed by atoms with Crippen LogP contribution in [0.3, 0.4) is 0 Å². The molecule has 0 aromatic carbocycles. The van der Waals surface area contributed by atoms with Gasteiger partial charge in [-0.25, -0.2) is 0 Å². The first-order valence-corrected chi connectivity index (χ1v) is 19.4. The summed E-state index contributed by atoms with van der Waals surface area (Å²) in [6, 6.07) is 0. The van der Waals surface area contributed by atoms with Crippen molar-refractivity contribution in [2.75, 3.05) is 0 Å². The van der Waals surface area contributed by atoms with E-state index in [9.17, 15) is 35.9 Å². The van der Waals surface area contributed by atoms with Gasteiger partial charge in [-0.3, -0.25) is 0 Å². The number of hydrogen-bond donors (Lipinski definition) is 0. The van der Waals surface area contributed by atoms with Gasteiger partial charge in [-0.15, -0.1) is 0 Å². The molecule has 0 spiro atoms. The van der Waals surface area contributed by atoms with Crippen molar-refractivity contribution in [3.63, 3.8) is 0 Å². The quantitative estimate of drug-likeness (QED) is 0.243. The molecule has 11 heteroatoms. The Labute approximate surface area is 192 Å². The van der Waals surface area contributed by atoms with Crippen LogP contribution in [0.5, 0.6) is 0 Å². The van der Waals surface area contributed by atoms with Crippen molar-refractivity contribution in [2.24, 2.45) is 0 Å². The summed E-state index contributed by atoms with van der Waals surface area (Å²) in [5.74, 6) is -4.96. The van der Waals surface area contributed by atoms with Crippen molar-refractivity contribution in [3.8, 4) is 0 Å². The van der Waals surface area contributed by atoms with Crippen LogP contribution in [-0.4, -0.2) is 42.1 Å². The van der Waals surface area contributed by atoms with Gasteiger partial charge in [0.15, 0.2) is 0 Å². The molecule has 3 rings (SSSR count). The van der Waals surface area contributed by atoms with Gasteiger partial charge in [0.25, 0.3) is 0 Å². The number of alkyl halides is 6. The third kappa shape index (κ3) is 5.29. The number of halogens is 6. The maximum absolute atomic E-state index is 13.6. The Balaban J connectivity index is 2.28. The minimum absolute atomic E-state index is 0.342. The van der Waals surface area contributed by atoms with Gasteiger partial charge in [-0.1, -0.05) is 0 Å². The summed E-state index contributed by atoms with van der Waals surface area (Å²) < 4.78 is 90.8. The molecular weight excluding hydrogens is 561 g/mol. The molecule has 0 aromatic heterocycles. The van der Waals surface area contributed by atoms with Crippen LogP contribution in [0.15, 0.2) is 0 Å². The standard InChI is InChI=1S/3C6H11.2C2HF3O2.Sn/c3*1-2-4-6-5-3-1;2*3-2(4,5)1(6)7;/h3*1H,2-6H2;2*(H,6,7);/q;;;;;+1/p-2. The van der Waals surface area contributed by atoms with E-state index in [0.29, 0.717) is 77.0 Å². The summed E-state index contributed by atoms with van der Waals surface area (Å²) in [4.78, 5) is 25.0. The molecule has 3 saturated carbocycles. The van der Waals surface area contributed by atoms with Crippen molar-refractivity contribution in [1.29, 1.82) is 0 Å². The van der Waals surface area contributed by atoms with E-state index in [0.717, 1.165) is 19.3 Å². The third-order valence-electron chi connectivity index (χ3n) is 8.31. The molecule has 0 heterocycles. The Kier molecular flexibility index (Phi) is 8.26. The molecule has 0 saturated heterocycles. The van der Waals surface area contributed by atoms with Crippen molar-refractivity contribution in [1.82, 2.24) is 0 Å². The first kappa shape index (κ1) is 26.9. The van der Waals surface area contributed by atoms with Crippen LogP contribution >= 0.6 is 0 Å². The molecule has 0 atom stereocenters.